The van der Waals surface area contributed by atoms with Crippen molar-refractivity contribution in [3.05, 3.63) is 36.0 Å². The minimum atomic E-state index is -0.348. The number of primary amides is 1. The van der Waals surface area contributed by atoms with Gasteiger partial charge in [0, 0.05) is 17.4 Å². The van der Waals surface area contributed by atoms with Crippen LogP contribution in [0.15, 0.2) is 36.0 Å². The van der Waals surface area contributed by atoms with Crippen LogP contribution in [-0.4, -0.2) is 18.1 Å². The summed E-state index contributed by atoms with van der Waals surface area (Å²) >= 11 is 0. The number of ether oxygens (including phenoxy) is 1. The van der Waals surface area contributed by atoms with Crippen LogP contribution in [0.3, 0.4) is 0 Å². The standard InChI is InChI=1S/C12H13NO2/c13-12(14)7-4-5-11-9(6-7)8-2-1-3-10(8)15-11/h1,3-6,8-11H,2H2,(H2,13,14). The number of carbonyl (C=O) groups is 1. The first-order valence-corrected chi connectivity index (χ1v) is 5.27. The number of fused-ring (bicyclic) bond motifs is 3. The topological polar surface area (TPSA) is 52.3 Å². The first-order chi connectivity index (χ1) is 7.25. The SMILES string of the molecule is NC(=O)C1=CC2C(C=C1)OC1C=CCC12. The Hall–Kier alpha value is -1.35. The smallest absolute Gasteiger partial charge is 0.248 e. The van der Waals surface area contributed by atoms with Crippen molar-refractivity contribution in [2.24, 2.45) is 17.6 Å². The van der Waals surface area contributed by atoms with Gasteiger partial charge in [-0.25, -0.2) is 0 Å². The van der Waals surface area contributed by atoms with Gasteiger partial charge in [-0.15, -0.1) is 0 Å². The molecule has 0 saturated carbocycles. The Labute approximate surface area is 88.3 Å². The molecule has 1 amide bonds. The van der Waals surface area contributed by atoms with Crippen molar-refractivity contribution in [1.82, 2.24) is 0 Å². The van der Waals surface area contributed by atoms with Gasteiger partial charge in [-0.05, 0) is 6.42 Å². The predicted octanol–water partition coefficient (Wildman–Crippen LogP) is 0.928. The average Bonchev–Trinajstić information content (AvgIpc) is 2.75. The van der Waals surface area contributed by atoms with E-state index in [1.807, 2.05) is 12.2 Å². The van der Waals surface area contributed by atoms with E-state index in [1.165, 1.54) is 0 Å². The molecule has 4 unspecified atom stereocenters. The zero-order chi connectivity index (χ0) is 10.4. The lowest BCUT2D eigenvalue weighted by Crippen LogP contribution is -2.23. The largest absolute Gasteiger partial charge is 0.366 e. The summed E-state index contributed by atoms with van der Waals surface area (Å²) in [6.07, 6.45) is 11.4. The Morgan fingerprint density at radius 2 is 2.27 bits per heavy atom. The molecule has 15 heavy (non-hydrogen) atoms. The Bertz CT molecular complexity index is 394. The van der Waals surface area contributed by atoms with Gasteiger partial charge in [0.1, 0.15) is 0 Å². The van der Waals surface area contributed by atoms with Gasteiger partial charge >= 0.3 is 0 Å². The van der Waals surface area contributed by atoms with E-state index in [1.54, 1.807) is 6.08 Å². The molecule has 0 radical (unpaired) electrons. The highest BCUT2D eigenvalue weighted by atomic mass is 16.5. The molecule has 0 aromatic rings. The molecule has 3 aliphatic rings. The van der Waals surface area contributed by atoms with Crippen LogP contribution in [0, 0.1) is 11.8 Å². The molecule has 78 valence electrons. The van der Waals surface area contributed by atoms with Crippen molar-refractivity contribution in [2.45, 2.75) is 18.6 Å². The molecular weight excluding hydrogens is 190 g/mol. The third kappa shape index (κ3) is 1.27. The maximum atomic E-state index is 11.1. The Morgan fingerprint density at radius 1 is 1.40 bits per heavy atom. The predicted molar refractivity (Wildman–Crippen MR) is 55.8 cm³/mol. The summed E-state index contributed by atoms with van der Waals surface area (Å²) in [5.74, 6) is 0.464. The fourth-order valence-electron chi connectivity index (χ4n) is 2.70. The van der Waals surface area contributed by atoms with Crippen LogP contribution < -0.4 is 5.73 Å². The molecule has 0 spiro atoms. The summed E-state index contributed by atoms with van der Waals surface area (Å²) in [5, 5.41) is 0. The third-order valence-electron chi connectivity index (χ3n) is 3.47. The van der Waals surface area contributed by atoms with Gasteiger partial charge in [-0.1, -0.05) is 30.4 Å². The van der Waals surface area contributed by atoms with Gasteiger partial charge in [0.15, 0.2) is 0 Å². The molecule has 3 heteroatoms. The number of carbonyl (C=O) groups excluding carboxylic acids is 1. The van der Waals surface area contributed by atoms with E-state index in [0.29, 0.717) is 17.4 Å². The molecule has 3 nitrogen and oxygen atoms in total. The molecule has 1 heterocycles. The van der Waals surface area contributed by atoms with Crippen LogP contribution in [0.2, 0.25) is 0 Å². The van der Waals surface area contributed by atoms with E-state index in [-0.39, 0.29) is 18.1 Å². The summed E-state index contributed by atoms with van der Waals surface area (Å²) in [6, 6.07) is 0. The highest BCUT2D eigenvalue weighted by Gasteiger charge is 2.43. The van der Waals surface area contributed by atoms with Crippen LogP contribution in [-0.2, 0) is 9.53 Å². The van der Waals surface area contributed by atoms with E-state index < -0.39 is 0 Å². The van der Waals surface area contributed by atoms with Crippen molar-refractivity contribution < 1.29 is 9.53 Å². The molecule has 3 rings (SSSR count). The number of hydrogen-bond donors (Lipinski definition) is 1. The van der Waals surface area contributed by atoms with Crippen molar-refractivity contribution >= 4 is 5.91 Å². The van der Waals surface area contributed by atoms with Crippen LogP contribution in [0.1, 0.15) is 6.42 Å². The lowest BCUT2D eigenvalue weighted by molar-refractivity contribution is -0.114. The van der Waals surface area contributed by atoms with Crippen molar-refractivity contribution in [1.29, 1.82) is 0 Å². The fraction of sp³-hybridized carbons (Fsp3) is 0.417. The summed E-state index contributed by atoms with van der Waals surface area (Å²) in [6.45, 7) is 0. The second-order valence-corrected chi connectivity index (χ2v) is 4.32. The third-order valence-corrected chi connectivity index (χ3v) is 3.47. The minimum Gasteiger partial charge on any atom is -0.366 e. The summed E-state index contributed by atoms with van der Waals surface area (Å²) in [7, 11) is 0. The first kappa shape index (κ1) is 8.92. The molecular formula is C12H13NO2. The highest BCUT2D eigenvalue weighted by molar-refractivity contribution is 5.95. The van der Waals surface area contributed by atoms with Crippen molar-refractivity contribution in [3.8, 4) is 0 Å². The summed E-state index contributed by atoms with van der Waals surface area (Å²) in [5.41, 5.74) is 5.89. The second-order valence-electron chi connectivity index (χ2n) is 4.32. The van der Waals surface area contributed by atoms with Gasteiger partial charge in [0.2, 0.25) is 5.91 Å². The van der Waals surface area contributed by atoms with Crippen LogP contribution >= 0.6 is 0 Å². The lowest BCUT2D eigenvalue weighted by Gasteiger charge is -2.19. The average molecular weight is 203 g/mol. The molecule has 1 fully saturated rings. The number of rotatable bonds is 1. The van der Waals surface area contributed by atoms with Crippen molar-refractivity contribution in [2.75, 3.05) is 0 Å². The summed E-state index contributed by atoms with van der Waals surface area (Å²) in [4.78, 5) is 11.1. The molecule has 2 N–H and O–H groups in total. The maximum Gasteiger partial charge on any atom is 0.248 e. The van der Waals surface area contributed by atoms with Gasteiger partial charge < -0.3 is 10.5 Å². The number of nitrogens with two attached hydrogens (primary N) is 1. The molecule has 4 atom stereocenters. The van der Waals surface area contributed by atoms with Crippen molar-refractivity contribution in [3.63, 3.8) is 0 Å². The Morgan fingerprint density at radius 3 is 3.07 bits per heavy atom. The lowest BCUT2D eigenvalue weighted by atomic mass is 9.83. The van der Waals surface area contributed by atoms with E-state index in [2.05, 4.69) is 12.2 Å². The zero-order valence-electron chi connectivity index (χ0n) is 8.30. The molecule has 0 aromatic heterocycles. The second kappa shape index (κ2) is 3.07. The van der Waals surface area contributed by atoms with Gasteiger partial charge in [0.25, 0.3) is 0 Å². The molecule has 1 saturated heterocycles. The highest BCUT2D eigenvalue weighted by Crippen LogP contribution is 2.42. The Kier molecular flexibility index (Phi) is 1.83. The molecule has 0 bridgehead atoms. The van der Waals surface area contributed by atoms with Crippen LogP contribution in [0.25, 0.3) is 0 Å². The zero-order valence-corrected chi connectivity index (χ0v) is 8.30. The van der Waals surface area contributed by atoms with Gasteiger partial charge in [-0.3, -0.25) is 4.79 Å². The number of allylic oxidation sites excluding steroid dienone is 1. The normalized spacial score (nSPS) is 41.2. The molecule has 0 aromatic carbocycles. The minimum absolute atomic E-state index is 0.132. The number of amides is 1. The summed E-state index contributed by atoms with van der Waals surface area (Å²) < 4.78 is 5.85. The maximum absolute atomic E-state index is 11.1. The molecule has 2 aliphatic carbocycles. The van der Waals surface area contributed by atoms with E-state index >= 15 is 0 Å². The van der Waals surface area contributed by atoms with E-state index in [9.17, 15) is 4.79 Å². The Balaban J connectivity index is 1.91. The van der Waals surface area contributed by atoms with Crippen LogP contribution in [0.5, 0.6) is 0 Å². The van der Waals surface area contributed by atoms with Crippen LogP contribution in [0.4, 0.5) is 0 Å². The number of hydrogen-bond acceptors (Lipinski definition) is 2. The first-order valence-electron chi connectivity index (χ1n) is 5.27. The fourth-order valence-corrected chi connectivity index (χ4v) is 2.70. The monoisotopic (exact) mass is 203 g/mol. The van der Waals surface area contributed by atoms with Gasteiger partial charge in [-0.2, -0.15) is 0 Å². The quantitative estimate of drug-likeness (QED) is 0.644. The van der Waals surface area contributed by atoms with Gasteiger partial charge in [0.05, 0.1) is 12.2 Å². The molecule has 1 aliphatic heterocycles. The van der Waals surface area contributed by atoms with E-state index in [0.717, 1.165) is 6.42 Å². The van der Waals surface area contributed by atoms with E-state index in [4.69, 9.17) is 10.5 Å².